The Morgan fingerprint density at radius 2 is 2.12 bits per heavy atom. The number of nitrogens with zero attached hydrogens (tertiary/aromatic N) is 1. The minimum Gasteiger partial charge on any atom is -0.329 e. The van der Waals surface area contributed by atoms with Crippen LogP contribution in [0, 0.1) is 0 Å². The van der Waals surface area contributed by atoms with E-state index >= 15 is 0 Å². The first-order valence-electron chi connectivity index (χ1n) is 6.36. The van der Waals surface area contributed by atoms with Gasteiger partial charge in [-0.1, -0.05) is 12.1 Å². The molecule has 1 aromatic rings. The molecule has 2 atom stereocenters. The highest BCUT2D eigenvalue weighted by molar-refractivity contribution is 7.98. The van der Waals surface area contributed by atoms with Crippen molar-refractivity contribution in [3.63, 3.8) is 0 Å². The SMILES string of the molecule is CSc1ccc(C(C)N2CCCC2CN)cc1. The van der Waals surface area contributed by atoms with Gasteiger partial charge in [0.25, 0.3) is 0 Å². The van der Waals surface area contributed by atoms with Crippen molar-refractivity contribution in [3.8, 4) is 0 Å². The Morgan fingerprint density at radius 3 is 2.71 bits per heavy atom. The van der Waals surface area contributed by atoms with Gasteiger partial charge in [-0.2, -0.15) is 0 Å². The van der Waals surface area contributed by atoms with Gasteiger partial charge in [-0.05, 0) is 50.3 Å². The number of thioether (sulfide) groups is 1. The molecule has 0 radical (unpaired) electrons. The Bertz CT molecular complexity index is 350. The first kappa shape index (κ1) is 12.9. The second kappa shape index (κ2) is 5.89. The summed E-state index contributed by atoms with van der Waals surface area (Å²) in [6.07, 6.45) is 4.65. The Morgan fingerprint density at radius 1 is 1.41 bits per heavy atom. The lowest BCUT2D eigenvalue weighted by molar-refractivity contribution is 0.197. The zero-order valence-electron chi connectivity index (χ0n) is 10.7. The van der Waals surface area contributed by atoms with Crippen molar-refractivity contribution in [3.05, 3.63) is 29.8 Å². The molecule has 1 aliphatic heterocycles. The molecule has 0 aliphatic carbocycles. The van der Waals surface area contributed by atoms with E-state index < -0.39 is 0 Å². The van der Waals surface area contributed by atoms with E-state index in [1.807, 2.05) is 0 Å². The Balaban J connectivity index is 2.10. The van der Waals surface area contributed by atoms with Crippen molar-refractivity contribution in [2.24, 2.45) is 5.73 Å². The van der Waals surface area contributed by atoms with Crippen LogP contribution in [0.25, 0.3) is 0 Å². The fraction of sp³-hybridized carbons (Fsp3) is 0.571. The van der Waals surface area contributed by atoms with Crippen LogP contribution in [-0.2, 0) is 0 Å². The molecule has 2 rings (SSSR count). The van der Waals surface area contributed by atoms with Gasteiger partial charge in [0.1, 0.15) is 0 Å². The van der Waals surface area contributed by atoms with Crippen LogP contribution in [0.4, 0.5) is 0 Å². The molecule has 17 heavy (non-hydrogen) atoms. The molecule has 1 saturated heterocycles. The molecule has 3 heteroatoms. The van der Waals surface area contributed by atoms with E-state index in [9.17, 15) is 0 Å². The van der Waals surface area contributed by atoms with Gasteiger partial charge in [0.15, 0.2) is 0 Å². The van der Waals surface area contributed by atoms with Crippen LogP contribution < -0.4 is 5.73 Å². The molecule has 0 amide bonds. The van der Waals surface area contributed by atoms with E-state index in [1.54, 1.807) is 11.8 Å². The van der Waals surface area contributed by atoms with E-state index in [1.165, 1.54) is 29.8 Å². The summed E-state index contributed by atoms with van der Waals surface area (Å²) in [5.41, 5.74) is 7.25. The molecule has 0 bridgehead atoms. The Labute approximate surface area is 109 Å². The van der Waals surface area contributed by atoms with E-state index in [0.717, 1.165) is 6.54 Å². The van der Waals surface area contributed by atoms with Gasteiger partial charge in [-0.3, -0.25) is 4.90 Å². The lowest BCUT2D eigenvalue weighted by Crippen LogP contribution is -2.37. The molecule has 1 aliphatic rings. The van der Waals surface area contributed by atoms with Crippen LogP contribution in [0.2, 0.25) is 0 Å². The summed E-state index contributed by atoms with van der Waals surface area (Å²) < 4.78 is 0. The van der Waals surface area contributed by atoms with Crippen molar-refractivity contribution >= 4 is 11.8 Å². The molecule has 0 spiro atoms. The molecule has 1 fully saturated rings. The number of likely N-dealkylation sites (tertiary alicyclic amines) is 1. The van der Waals surface area contributed by atoms with Crippen molar-refractivity contribution in [2.75, 3.05) is 19.3 Å². The minimum atomic E-state index is 0.488. The summed E-state index contributed by atoms with van der Waals surface area (Å²) in [5, 5.41) is 0. The van der Waals surface area contributed by atoms with Crippen molar-refractivity contribution in [2.45, 2.75) is 36.7 Å². The molecule has 0 aromatic heterocycles. The fourth-order valence-electron chi connectivity index (χ4n) is 2.69. The average molecular weight is 250 g/mol. The molecule has 2 nitrogen and oxygen atoms in total. The lowest BCUT2D eigenvalue weighted by atomic mass is 10.1. The van der Waals surface area contributed by atoms with Crippen molar-refractivity contribution < 1.29 is 0 Å². The Kier molecular flexibility index (Phi) is 4.48. The second-order valence-corrected chi connectivity index (χ2v) is 5.60. The zero-order chi connectivity index (χ0) is 12.3. The predicted octanol–water partition coefficient (Wildman–Crippen LogP) is 2.89. The van der Waals surface area contributed by atoms with E-state index in [2.05, 4.69) is 42.3 Å². The predicted molar refractivity (Wildman–Crippen MR) is 75.4 cm³/mol. The zero-order valence-corrected chi connectivity index (χ0v) is 11.5. The van der Waals surface area contributed by atoms with Gasteiger partial charge < -0.3 is 5.73 Å². The quantitative estimate of drug-likeness (QED) is 0.833. The van der Waals surface area contributed by atoms with Gasteiger partial charge in [-0.25, -0.2) is 0 Å². The van der Waals surface area contributed by atoms with Crippen LogP contribution in [0.1, 0.15) is 31.4 Å². The maximum absolute atomic E-state index is 5.84. The van der Waals surface area contributed by atoms with Crippen LogP contribution >= 0.6 is 11.8 Å². The number of benzene rings is 1. The van der Waals surface area contributed by atoms with E-state index in [-0.39, 0.29) is 0 Å². The smallest absolute Gasteiger partial charge is 0.0323 e. The molecule has 2 N–H and O–H groups in total. The van der Waals surface area contributed by atoms with Gasteiger partial charge in [0, 0.05) is 23.5 Å². The summed E-state index contributed by atoms with van der Waals surface area (Å²) in [7, 11) is 0. The van der Waals surface area contributed by atoms with Gasteiger partial charge >= 0.3 is 0 Å². The van der Waals surface area contributed by atoms with Crippen molar-refractivity contribution in [1.29, 1.82) is 0 Å². The van der Waals surface area contributed by atoms with Crippen LogP contribution in [-0.4, -0.2) is 30.3 Å². The molecule has 1 aromatic carbocycles. The maximum Gasteiger partial charge on any atom is 0.0323 e. The summed E-state index contributed by atoms with van der Waals surface area (Å²) in [6.45, 7) is 4.27. The third-order valence-electron chi connectivity index (χ3n) is 3.79. The Hall–Kier alpha value is -0.510. The number of nitrogens with two attached hydrogens (primary N) is 1. The first-order chi connectivity index (χ1) is 8.26. The van der Waals surface area contributed by atoms with Crippen LogP contribution in [0.5, 0.6) is 0 Å². The standard InChI is InChI=1S/C14H22N2S/c1-11(16-9-3-4-13(16)10-15)12-5-7-14(17-2)8-6-12/h5-8,11,13H,3-4,9-10,15H2,1-2H3. The molecule has 1 heterocycles. The first-order valence-corrected chi connectivity index (χ1v) is 7.58. The normalized spacial score (nSPS) is 22.9. The monoisotopic (exact) mass is 250 g/mol. The number of hydrogen-bond donors (Lipinski definition) is 1. The summed E-state index contributed by atoms with van der Waals surface area (Å²) >= 11 is 1.79. The minimum absolute atomic E-state index is 0.488. The highest BCUT2D eigenvalue weighted by atomic mass is 32.2. The van der Waals surface area contributed by atoms with E-state index in [0.29, 0.717) is 12.1 Å². The topological polar surface area (TPSA) is 29.3 Å². The molecular formula is C14H22N2S. The van der Waals surface area contributed by atoms with E-state index in [4.69, 9.17) is 5.73 Å². The largest absolute Gasteiger partial charge is 0.329 e. The third kappa shape index (κ3) is 2.84. The summed E-state index contributed by atoms with van der Waals surface area (Å²) in [4.78, 5) is 3.88. The molecule has 2 unspecified atom stereocenters. The molecule has 94 valence electrons. The van der Waals surface area contributed by atoms with Gasteiger partial charge in [-0.15, -0.1) is 11.8 Å². The van der Waals surface area contributed by atoms with Crippen LogP contribution in [0.15, 0.2) is 29.2 Å². The fourth-order valence-corrected chi connectivity index (χ4v) is 3.10. The van der Waals surface area contributed by atoms with Gasteiger partial charge in [0.05, 0.1) is 0 Å². The molecular weight excluding hydrogens is 228 g/mol. The second-order valence-electron chi connectivity index (χ2n) is 4.72. The van der Waals surface area contributed by atoms with Gasteiger partial charge in [0.2, 0.25) is 0 Å². The highest BCUT2D eigenvalue weighted by Gasteiger charge is 2.27. The maximum atomic E-state index is 5.84. The highest BCUT2D eigenvalue weighted by Crippen LogP contribution is 2.29. The summed E-state index contributed by atoms with van der Waals surface area (Å²) in [5.74, 6) is 0. The number of rotatable bonds is 4. The number of hydrogen-bond acceptors (Lipinski definition) is 3. The third-order valence-corrected chi connectivity index (χ3v) is 4.53. The lowest BCUT2D eigenvalue weighted by Gasteiger charge is -2.30. The summed E-state index contributed by atoms with van der Waals surface area (Å²) in [6, 6.07) is 9.99. The molecule has 0 saturated carbocycles. The van der Waals surface area contributed by atoms with Crippen molar-refractivity contribution in [1.82, 2.24) is 4.90 Å². The van der Waals surface area contributed by atoms with Crippen LogP contribution in [0.3, 0.4) is 0 Å². The average Bonchev–Trinajstić information content (AvgIpc) is 2.86.